The molecule has 18 heavy (non-hydrogen) atoms. The molecule has 0 heterocycles. The predicted molar refractivity (Wildman–Crippen MR) is 78.0 cm³/mol. The molecule has 3 nitrogen and oxygen atoms in total. The van der Waals surface area contributed by atoms with Crippen LogP contribution in [0.2, 0.25) is 10.0 Å². The summed E-state index contributed by atoms with van der Waals surface area (Å²) in [6.07, 6.45) is 0. The van der Waals surface area contributed by atoms with E-state index < -0.39 is 0 Å². The molecule has 1 unspecified atom stereocenters. The van der Waals surface area contributed by atoms with E-state index in [0.717, 1.165) is 0 Å². The van der Waals surface area contributed by atoms with Gasteiger partial charge in [-0.25, -0.2) is 0 Å². The highest BCUT2D eigenvalue weighted by Crippen LogP contribution is 2.20. The SMILES string of the molecule is COCC(Br)CN(C)C(=O)c1cc(Cl)cc(Cl)c1. The molecule has 0 aliphatic rings. The third-order valence-corrected chi connectivity index (χ3v) is 3.27. The molecule has 1 aromatic carbocycles. The Bertz CT molecular complexity index is 408. The summed E-state index contributed by atoms with van der Waals surface area (Å²) in [6, 6.07) is 4.80. The summed E-state index contributed by atoms with van der Waals surface area (Å²) in [7, 11) is 3.34. The molecule has 1 rings (SSSR count). The van der Waals surface area contributed by atoms with E-state index in [-0.39, 0.29) is 10.7 Å². The van der Waals surface area contributed by atoms with E-state index in [4.69, 9.17) is 27.9 Å². The number of ether oxygens (including phenoxy) is 1. The lowest BCUT2D eigenvalue weighted by Crippen LogP contribution is -2.33. The molecule has 0 aliphatic heterocycles. The van der Waals surface area contributed by atoms with Crippen LogP contribution in [0.15, 0.2) is 18.2 Å². The van der Waals surface area contributed by atoms with Crippen LogP contribution in [-0.4, -0.2) is 42.9 Å². The zero-order valence-corrected chi connectivity index (χ0v) is 13.2. The first-order valence-corrected chi connectivity index (χ1v) is 6.95. The first kappa shape index (κ1) is 15.8. The van der Waals surface area contributed by atoms with Gasteiger partial charge in [0.25, 0.3) is 5.91 Å². The molecule has 100 valence electrons. The molecule has 1 atom stereocenters. The van der Waals surface area contributed by atoms with E-state index in [9.17, 15) is 4.79 Å². The van der Waals surface area contributed by atoms with Gasteiger partial charge in [-0.3, -0.25) is 4.79 Å². The third kappa shape index (κ3) is 4.76. The molecule has 0 aliphatic carbocycles. The van der Waals surface area contributed by atoms with Crippen molar-refractivity contribution in [3.05, 3.63) is 33.8 Å². The van der Waals surface area contributed by atoms with Gasteiger partial charge in [-0.15, -0.1) is 0 Å². The average Bonchev–Trinajstić information content (AvgIpc) is 2.26. The van der Waals surface area contributed by atoms with Crippen molar-refractivity contribution in [2.45, 2.75) is 4.83 Å². The largest absolute Gasteiger partial charge is 0.383 e. The molecule has 0 fully saturated rings. The van der Waals surface area contributed by atoms with Crippen LogP contribution < -0.4 is 0 Å². The van der Waals surface area contributed by atoms with Crippen molar-refractivity contribution in [1.82, 2.24) is 4.90 Å². The number of nitrogens with zero attached hydrogens (tertiary/aromatic N) is 1. The Morgan fingerprint density at radius 2 is 1.94 bits per heavy atom. The van der Waals surface area contributed by atoms with E-state index in [1.165, 1.54) is 0 Å². The molecule has 1 amide bonds. The minimum Gasteiger partial charge on any atom is -0.383 e. The maximum atomic E-state index is 12.1. The second kappa shape index (κ2) is 7.34. The number of methoxy groups -OCH3 is 1. The Morgan fingerprint density at radius 1 is 1.39 bits per heavy atom. The maximum Gasteiger partial charge on any atom is 0.253 e. The van der Waals surface area contributed by atoms with E-state index in [1.54, 1.807) is 37.3 Å². The van der Waals surface area contributed by atoms with Crippen LogP contribution in [0.25, 0.3) is 0 Å². The summed E-state index contributed by atoms with van der Waals surface area (Å²) < 4.78 is 5.00. The van der Waals surface area contributed by atoms with Gasteiger partial charge in [-0.2, -0.15) is 0 Å². The second-order valence-corrected chi connectivity index (χ2v) is 6.06. The maximum absolute atomic E-state index is 12.1. The van der Waals surface area contributed by atoms with Crippen LogP contribution in [0.4, 0.5) is 0 Å². The molecular weight excluding hydrogens is 341 g/mol. The second-order valence-electron chi connectivity index (χ2n) is 3.90. The normalized spacial score (nSPS) is 12.3. The molecule has 0 radical (unpaired) electrons. The minimum absolute atomic E-state index is 0.0890. The van der Waals surface area contributed by atoms with Gasteiger partial charge >= 0.3 is 0 Å². The molecule has 0 N–H and O–H groups in total. The van der Waals surface area contributed by atoms with Gasteiger partial charge in [0.05, 0.1) is 11.4 Å². The molecule has 0 spiro atoms. The highest BCUT2D eigenvalue weighted by atomic mass is 79.9. The number of carbonyl (C=O) groups excluding carboxylic acids is 1. The number of carbonyl (C=O) groups is 1. The molecule has 0 saturated heterocycles. The van der Waals surface area contributed by atoms with Gasteiger partial charge in [0, 0.05) is 36.3 Å². The van der Waals surface area contributed by atoms with Crippen LogP contribution in [0.3, 0.4) is 0 Å². The summed E-state index contributed by atoms with van der Waals surface area (Å²) in [4.78, 5) is 13.8. The predicted octanol–water partition coefficient (Wildman–Crippen LogP) is 3.48. The fraction of sp³-hybridized carbons (Fsp3) is 0.417. The van der Waals surface area contributed by atoms with Crippen LogP contribution in [0, 0.1) is 0 Å². The Balaban J connectivity index is 2.74. The van der Waals surface area contributed by atoms with E-state index >= 15 is 0 Å². The van der Waals surface area contributed by atoms with Crippen molar-refractivity contribution in [3.63, 3.8) is 0 Å². The molecule has 6 heteroatoms. The number of hydrogen-bond donors (Lipinski definition) is 0. The molecule has 1 aromatic rings. The van der Waals surface area contributed by atoms with Crippen LogP contribution in [0.1, 0.15) is 10.4 Å². The van der Waals surface area contributed by atoms with Crippen molar-refractivity contribution < 1.29 is 9.53 Å². The molecule has 0 aromatic heterocycles. The van der Waals surface area contributed by atoms with E-state index in [2.05, 4.69) is 15.9 Å². The summed E-state index contributed by atoms with van der Waals surface area (Å²) in [6.45, 7) is 1.07. The fourth-order valence-corrected chi connectivity index (χ4v) is 2.74. The third-order valence-electron chi connectivity index (χ3n) is 2.28. The fourth-order valence-electron chi connectivity index (χ4n) is 1.51. The summed E-state index contributed by atoms with van der Waals surface area (Å²) >= 11 is 15.2. The standard InChI is InChI=1S/C12H14BrCl2NO2/c1-16(6-9(13)7-18-2)12(17)8-3-10(14)5-11(15)4-8/h3-5,9H,6-7H2,1-2H3. The van der Waals surface area contributed by atoms with Gasteiger partial charge in [0.1, 0.15) is 0 Å². The van der Waals surface area contributed by atoms with E-state index in [0.29, 0.717) is 28.8 Å². The van der Waals surface area contributed by atoms with Gasteiger partial charge in [-0.1, -0.05) is 39.1 Å². The quantitative estimate of drug-likeness (QED) is 0.757. The Morgan fingerprint density at radius 3 is 2.44 bits per heavy atom. The van der Waals surface area contributed by atoms with Gasteiger partial charge < -0.3 is 9.64 Å². The first-order valence-electron chi connectivity index (χ1n) is 5.28. The van der Waals surface area contributed by atoms with Crippen LogP contribution in [-0.2, 0) is 4.74 Å². The van der Waals surface area contributed by atoms with Gasteiger partial charge in [0.15, 0.2) is 0 Å². The zero-order valence-electron chi connectivity index (χ0n) is 10.1. The number of hydrogen-bond acceptors (Lipinski definition) is 2. The van der Waals surface area contributed by atoms with Gasteiger partial charge in [-0.05, 0) is 18.2 Å². The van der Waals surface area contributed by atoms with Crippen LogP contribution in [0.5, 0.6) is 0 Å². The van der Waals surface area contributed by atoms with Gasteiger partial charge in [0.2, 0.25) is 0 Å². The molecular formula is C12H14BrCl2NO2. The lowest BCUT2D eigenvalue weighted by atomic mass is 10.2. The Kier molecular flexibility index (Phi) is 6.43. The highest BCUT2D eigenvalue weighted by molar-refractivity contribution is 9.09. The smallest absolute Gasteiger partial charge is 0.253 e. The van der Waals surface area contributed by atoms with Crippen molar-refractivity contribution in [2.24, 2.45) is 0 Å². The first-order chi connectivity index (χ1) is 8.43. The molecule has 0 bridgehead atoms. The highest BCUT2D eigenvalue weighted by Gasteiger charge is 2.16. The lowest BCUT2D eigenvalue weighted by molar-refractivity contribution is 0.0784. The minimum atomic E-state index is -0.125. The number of alkyl halides is 1. The van der Waals surface area contributed by atoms with Crippen molar-refractivity contribution in [1.29, 1.82) is 0 Å². The number of amides is 1. The monoisotopic (exact) mass is 353 g/mol. The summed E-state index contributed by atoms with van der Waals surface area (Å²) in [5.74, 6) is -0.125. The molecule has 0 saturated carbocycles. The average molecular weight is 355 g/mol. The summed E-state index contributed by atoms with van der Waals surface area (Å²) in [5.41, 5.74) is 0.479. The van der Waals surface area contributed by atoms with Crippen molar-refractivity contribution >= 4 is 45.0 Å². The Labute approximate surface area is 125 Å². The number of benzene rings is 1. The lowest BCUT2D eigenvalue weighted by Gasteiger charge is -2.20. The number of rotatable bonds is 5. The van der Waals surface area contributed by atoms with E-state index in [1.807, 2.05) is 0 Å². The van der Waals surface area contributed by atoms with Crippen LogP contribution >= 0.6 is 39.1 Å². The Hall–Kier alpha value is -0.290. The topological polar surface area (TPSA) is 29.5 Å². The summed E-state index contributed by atoms with van der Waals surface area (Å²) in [5, 5.41) is 0.901. The number of halogens is 3. The zero-order chi connectivity index (χ0) is 13.7. The van der Waals surface area contributed by atoms with Crippen molar-refractivity contribution in [2.75, 3.05) is 27.3 Å². The van der Waals surface area contributed by atoms with Crippen molar-refractivity contribution in [3.8, 4) is 0 Å².